The van der Waals surface area contributed by atoms with Gasteiger partial charge in [0.15, 0.2) is 0 Å². The van der Waals surface area contributed by atoms with Crippen LogP contribution in [0, 0.1) is 0 Å². The summed E-state index contributed by atoms with van der Waals surface area (Å²) in [6, 6.07) is 4.86. The van der Waals surface area contributed by atoms with E-state index in [9.17, 15) is 9.90 Å². The van der Waals surface area contributed by atoms with E-state index in [0.29, 0.717) is 12.0 Å². The van der Waals surface area contributed by atoms with Crippen molar-refractivity contribution < 1.29 is 15.0 Å². The third-order valence-corrected chi connectivity index (χ3v) is 3.38. The second-order valence-electron chi connectivity index (χ2n) is 4.50. The summed E-state index contributed by atoms with van der Waals surface area (Å²) in [6.07, 6.45) is 2.01. The number of primary amides is 1. The molecule has 2 rings (SSSR count). The van der Waals surface area contributed by atoms with Crippen LogP contribution in [0.3, 0.4) is 0 Å². The summed E-state index contributed by atoms with van der Waals surface area (Å²) in [4.78, 5) is 13.3. The van der Waals surface area contributed by atoms with Crippen LogP contribution in [0.15, 0.2) is 18.2 Å². The topological polar surface area (TPSA) is 86.8 Å². The summed E-state index contributed by atoms with van der Waals surface area (Å²) < 4.78 is 0. The molecule has 5 nitrogen and oxygen atoms in total. The van der Waals surface area contributed by atoms with Crippen LogP contribution >= 0.6 is 0 Å². The minimum absolute atomic E-state index is 0.0420. The minimum Gasteiger partial charge on any atom is -0.508 e. The molecule has 0 spiro atoms. The SMILES string of the molecule is NC(=O)C1CCCN1c1cccc(O)c1CCO. The highest BCUT2D eigenvalue weighted by atomic mass is 16.3. The van der Waals surface area contributed by atoms with Gasteiger partial charge in [0.05, 0.1) is 0 Å². The van der Waals surface area contributed by atoms with Crippen molar-refractivity contribution in [1.82, 2.24) is 0 Å². The number of hydrogen-bond acceptors (Lipinski definition) is 4. The zero-order valence-corrected chi connectivity index (χ0v) is 10.2. The molecule has 0 bridgehead atoms. The molecule has 18 heavy (non-hydrogen) atoms. The van der Waals surface area contributed by atoms with Crippen molar-refractivity contribution in [2.45, 2.75) is 25.3 Å². The average molecular weight is 250 g/mol. The maximum atomic E-state index is 11.4. The Kier molecular flexibility index (Phi) is 3.72. The number of nitrogens with two attached hydrogens (primary N) is 1. The van der Waals surface area contributed by atoms with Gasteiger partial charge in [-0.25, -0.2) is 0 Å². The molecule has 0 aliphatic carbocycles. The zero-order valence-electron chi connectivity index (χ0n) is 10.2. The van der Waals surface area contributed by atoms with Crippen LogP contribution in [-0.2, 0) is 11.2 Å². The van der Waals surface area contributed by atoms with Gasteiger partial charge >= 0.3 is 0 Å². The van der Waals surface area contributed by atoms with Crippen LogP contribution in [0.1, 0.15) is 18.4 Å². The second kappa shape index (κ2) is 5.27. The van der Waals surface area contributed by atoms with Gasteiger partial charge in [-0.05, 0) is 25.0 Å². The molecule has 0 aromatic heterocycles. The van der Waals surface area contributed by atoms with Gasteiger partial charge < -0.3 is 20.8 Å². The molecule has 5 heteroatoms. The third-order valence-electron chi connectivity index (χ3n) is 3.38. The number of aliphatic hydroxyl groups is 1. The standard InChI is InChI=1S/C13H18N2O3/c14-13(18)11-4-2-7-15(11)10-3-1-5-12(17)9(10)6-8-16/h1,3,5,11,16-17H,2,4,6-8H2,(H2,14,18). The number of nitrogens with zero attached hydrogens (tertiary/aromatic N) is 1. The first-order valence-electron chi connectivity index (χ1n) is 6.13. The molecular weight excluding hydrogens is 232 g/mol. The molecule has 1 saturated heterocycles. The van der Waals surface area contributed by atoms with Gasteiger partial charge in [0.2, 0.25) is 5.91 Å². The monoisotopic (exact) mass is 250 g/mol. The van der Waals surface area contributed by atoms with Crippen molar-refractivity contribution in [2.75, 3.05) is 18.1 Å². The molecule has 0 radical (unpaired) electrons. The van der Waals surface area contributed by atoms with Crippen LogP contribution < -0.4 is 10.6 Å². The highest BCUT2D eigenvalue weighted by molar-refractivity contribution is 5.84. The Hall–Kier alpha value is -1.75. The Bertz CT molecular complexity index is 448. The molecule has 4 N–H and O–H groups in total. The molecule has 98 valence electrons. The number of aromatic hydroxyl groups is 1. The van der Waals surface area contributed by atoms with Gasteiger partial charge in [0, 0.05) is 30.8 Å². The van der Waals surface area contributed by atoms with Crippen LogP contribution in [0.4, 0.5) is 5.69 Å². The second-order valence-corrected chi connectivity index (χ2v) is 4.50. The maximum absolute atomic E-state index is 11.4. The summed E-state index contributed by atoms with van der Waals surface area (Å²) in [6.45, 7) is 0.704. The number of amides is 1. The largest absolute Gasteiger partial charge is 0.508 e. The maximum Gasteiger partial charge on any atom is 0.240 e. The molecule has 0 saturated carbocycles. The van der Waals surface area contributed by atoms with E-state index in [1.54, 1.807) is 12.1 Å². The lowest BCUT2D eigenvalue weighted by Crippen LogP contribution is -2.40. The summed E-state index contributed by atoms with van der Waals surface area (Å²) in [5.74, 6) is -0.192. The van der Waals surface area contributed by atoms with E-state index in [1.165, 1.54) is 0 Å². The van der Waals surface area contributed by atoms with Crippen molar-refractivity contribution in [2.24, 2.45) is 5.73 Å². The first-order valence-corrected chi connectivity index (χ1v) is 6.13. The number of hydrogen-bond donors (Lipinski definition) is 3. The quantitative estimate of drug-likeness (QED) is 0.721. The molecular formula is C13H18N2O3. The summed E-state index contributed by atoms with van der Waals surface area (Å²) >= 11 is 0. The van der Waals surface area contributed by atoms with Gasteiger partial charge in [-0.3, -0.25) is 4.79 Å². The first-order chi connectivity index (χ1) is 8.65. The number of rotatable bonds is 4. The van der Waals surface area contributed by atoms with E-state index < -0.39 is 0 Å². The Morgan fingerprint density at radius 2 is 2.28 bits per heavy atom. The normalized spacial score (nSPS) is 19.2. The molecule has 1 heterocycles. The molecule has 1 fully saturated rings. The van der Waals surface area contributed by atoms with E-state index in [1.807, 2.05) is 11.0 Å². The Labute approximate surface area is 106 Å². The molecule has 1 aliphatic rings. The molecule has 1 aliphatic heterocycles. The number of anilines is 1. The van der Waals surface area contributed by atoms with Gasteiger partial charge in [-0.2, -0.15) is 0 Å². The minimum atomic E-state index is -0.342. The number of benzene rings is 1. The lowest BCUT2D eigenvalue weighted by molar-refractivity contribution is -0.119. The number of carbonyl (C=O) groups is 1. The van der Waals surface area contributed by atoms with Crippen LogP contribution in [0.5, 0.6) is 5.75 Å². The van der Waals surface area contributed by atoms with Crippen LogP contribution in [-0.4, -0.2) is 35.3 Å². The first kappa shape index (κ1) is 12.7. The van der Waals surface area contributed by atoms with Crippen molar-refractivity contribution in [3.05, 3.63) is 23.8 Å². The molecule has 1 atom stereocenters. The van der Waals surface area contributed by atoms with E-state index >= 15 is 0 Å². The summed E-state index contributed by atoms with van der Waals surface area (Å²) in [5, 5.41) is 18.9. The highest BCUT2D eigenvalue weighted by Crippen LogP contribution is 2.33. The fraction of sp³-hybridized carbons (Fsp3) is 0.462. The predicted octanol–water partition coefficient (Wildman–Crippen LogP) is 0.381. The number of carbonyl (C=O) groups excluding carboxylic acids is 1. The van der Waals surface area contributed by atoms with Crippen molar-refractivity contribution in [3.63, 3.8) is 0 Å². The van der Waals surface area contributed by atoms with E-state index in [-0.39, 0.29) is 24.3 Å². The van der Waals surface area contributed by atoms with Crippen molar-refractivity contribution in [3.8, 4) is 5.75 Å². The summed E-state index contributed by atoms with van der Waals surface area (Å²) in [7, 11) is 0. The Balaban J connectivity index is 2.37. The van der Waals surface area contributed by atoms with Gasteiger partial charge in [-0.1, -0.05) is 6.07 Å². The highest BCUT2D eigenvalue weighted by Gasteiger charge is 2.30. The van der Waals surface area contributed by atoms with Crippen LogP contribution in [0.25, 0.3) is 0 Å². The van der Waals surface area contributed by atoms with Crippen LogP contribution in [0.2, 0.25) is 0 Å². The number of phenols is 1. The molecule has 1 unspecified atom stereocenters. The fourth-order valence-electron chi connectivity index (χ4n) is 2.55. The van der Waals surface area contributed by atoms with E-state index in [2.05, 4.69) is 0 Å². The number of phenolic OH excluding ortho intramolecular Hbond substituents is 1. The average Bonchev–Trinajstić information content (AvgIpc) is 2.81. The lowest BCUT2D eigenvalue weighted by atomic mass is 10.1. The van der Waals surface area contributed by atoms with Gasteiger partial charge in [0.25, 0.3) is 0 Å². The molecule has 1 aromatic rings. The Morgan fingerprint density at radius 1 is 1.50 bits per heavy atom. The lowest BCUT2D eigenvalue weighted by Gasteiger charge is -2.27. The predicted molar refractivity (Wildman–Crippen MR) is 68.5 cm³/mol. The van der Waals surface area contributed by atoms with Crippen molar-refractivity contribution in [1.29, 1.82) is 0 Å². The van der Waals surface area contributed by atoms with E-state index in [4.69, 9.17) is 10.8 Å². The van der Waals surface area contributed by atoms with Gasteiger partial charge in [-0.15, -0.1) is 0 Å². The van der Waals surface area contributed by atoms with E-state index in [0.717, 1.165) is 25.1 Å². The fourth-order valence-corrected chi connectivity index (χ4v) is 2.55. The van der Waals surface area contributed by atoms with Gasteiger partial charge in [0.1, 0.15) is 11.8 Å². The summed E-state index contributed by atoms with van der Waals surface area (Å²) in [5.41, 5.74) is 6.87. The number of aliphatic hydroxyl groups excluding tert-OH is 1. The van der Waals surface area contributed by atoms with Crippen molar-refractivity contribution >= 4 is 11.6 Å². The third kappa shape index (κ3) is 2.26. The Morgan fingerprint density at radius 3 is 2.94 bits per heavy atom. The smallest absolute Gasteiger partial charge is 0.240 e. The molecule has 1 amide bonds. The molecule has 1 aromatic carbocycles. The zero-order chi connectivity index (χ0) is 13.1.